The van der Waals surface area contributed by atoms with E-state index in [1.165, 1.54) is 4.68 Å². The number of nitrogens with one attached hydrogen (secondary N) is 1. The number of hydrogen-bond donors (Lipinski definition) is 1. The molecule has 2 unspecified atom stereocenters. The minimum Gasteiger partial charge on any atom is -0.466 e. The molecule has 0 aliphatic carbocycles. The van der Waals surface area contributed by atoms with E-state index in [1.807, 2.05) is 0 Å². The maximum absolute atomic E-state index is 12.8. The topological polar surface area (TPSA) is 56.1 Å². The molecular formula is C11H13BrF3N3O2. The molecule has 2 rings (SSSR count). The highest BCUT2D eigenvalue weighted by atomic mass is 79.9. The van der Waals surface area contributed by atoms with Crippen molar-refractivity contribution in [2.45, 2.75) is 26.1 Å². The predicted octanol–water partition coefficient (Wildman–Crippen LogP) is 2.83. The predicted molar refractivity (Wildman–Crippen MR) is 68.3 cm³/mol. The fourth-order valence-electron chi connectivity index (χ4n) is 2.13. The van der Waals surface area contributed by atoms with Crippen LogP contribution >= 0.6 is 15.9 Å². The zero-order valence-electron chi connectivity index (χ0n) is 10.8. The lowest BCUT2D eigenvalue weighted by molar-refractivity contribution is -0.149. The van der Waals surface area contributed by atoms with Crippen molar-refractivity contribution >= 4 is 27.7 Å². The molecule has 2 heterocycles. The SMILES string of the molecule is CCOC(=O)C1CNc2c(Br)c(C(F)(F)F)nn2C1C. The number of fused-ring (bicyclic) bond motifs is 1. The molecule has 1 aromatic heterocycles. The molecule has 1 aromatic rings. The summed E-state index contributed by atoms with van der Waals surface area (Å²) in [6, 6.07) is -0.516. The number of esters is 1. The fourth-order valence-corrected chi connectivity index (χ4v) is 2.75. The van der Waals surface area contributed by atoms with Gasteiger partial charge in [0.05, 0.1) is 23.0 Å². The average molecular weight is 356 g/mol. The Balaban J connectivity index is 2.36. The Morgan fingerprint density at radius 3 is 2.80 bits per heavy atom. The van der Waals surface area contributed by atoms with E-state index < -0.39 is 29.8 Å². The quantitative estimate of drug-likeness (QED) is 0.828. The first-order valence-corrected chi connectivity index (χ1v) is 6.82. The summed E-state index contributed by atoms with van der Waals surface area (Å²) in [6.45, 7) is 3.76. The first kappa shape index (κ1) is 15.1. The molecule has 1 aliphatic heterocycles. The van der Waals surface area contributed by atoms with E-state index in [9.17, 15) is 18.0 Å². The molecule has 20 heavy (non-hydrogen) atoms. The molecule has 0 bridgehead atoms. The number of rotatable bonds is 2. The van der Waals surface area contributed by atoms with E-state index in [4.69, 9.17) is 4.74 Å². The van der Waals surface area contributed by atoms with Gasteiger partial charge in [-0.05, 0) is 29.8 Å². The molecular weight excluding hydrogens is 343 g/mol. The van der Waals surface area contributed by atoms with Crippen LogP contribution in [0, 0.1) is 5.92 Å². The van der Waals surface area contributed by atoms with E-state index in [0.29, 0.717) is 0 Å². The third-order valence-corrected chi connectivity index (χ3v) is 3.92. The number of nitrogens with zero attached hydrogens (tertiary/aromatic N) is 2. The highest BCUT2D eigenvalue weighted by Crippen LogP contribution is 2.41. The van der Waals surface area contributed by atoms with Crippen molar-refractivity contribution in [2.75, 3.05) is 18.5 Å². The number of ether oxygens (including phenoxy) is 1. The largest absolute Gasteiger partial charge is 0.466 e. The maximum Gasteiger partial charge on any atom is 0.436 e. The van der Waals surface area contributed by atoms with Gasteiger partial charge in [0.2, 0.25) is 0 Å². The van der Waals surface area contributed by atoms with Gasteiger partial charge >= 0.3 is 12.1 Å². The van der Waals surface area contributed by atoms with Crippen LogP contribution in [-0.4, -0.2) is 28.9 Å². The molecule has 0 amide bonds. The number of alkyl halides is 3. The van der Waals surface area contributed by atoms with Gasteiger partial charge < -0.3 is 10.1 Å². The van der Waals surface area contributed by atoms with E-state index in [1.54, 1.807) is 13.8 Å². The van der Waals surface area contributed by atoms with Crippen LogP contribution in [0.1, 0.15) is 25.6 Å². The molecule has 0 aromatic carbocycles. The molecule has 1 N–H and O–H groups in total. The van der Waals surface area contributed by atoms with Gasteiger partial charge in [0, 0.05) is 6.54 Å². The Morgan fingerprint density at radius 1 is 1.60 bits per heavy atom. The van der Waals surface area contributed by atoms with Crippen molar-refractivity contribution in [3.05, 3.63) is 10.2 Å². The van der Waals surface area contributed by atoms with Crippen molar-refractivity contribution in [1.29, 1.82) is 0 Å². The number of hydrogen-bond acceptors (Lipinski definition) is 4. The van der Waals surface area contributed by atoms with Crippen molar-refractivity contribution < 1.29 is 22.7 Å². The van der Waals surface area contributed by atoms with Crippen LogP contribution in [0.5, 0.6) is 0 Å². The summed E-state index contributed by atoms with van der Waals surface area (Å²) in [5, 5.41) is 6.37. The Labute approximate surface area is 121 Å². The summed E-state index contributed by atoms with van der Waals surface area (Å²) in [5.41, 5.74) is -1.00. The summed E-state index contributed by atoms with van der Waals surface area (Å²) in [5.74, 6) is -0.793. The molecule has 9 heteroatoms. The summed E-state index contributed by atoms with van der Waals surface area (Å²) >= 11 is 2.91. The second-order valence-corrected chi connectivity index (χ2v) is 5.23. The lowest BCUT2D eigenvalue weighted by Crippen LogP contribution is -2.37. The van der Waals surface area contributed by atoms with E-state index in [0.717, 1.165) is 0 Å². The monoisotopic (exact) mass is 355 g/mol. The Kier molecular flexibility index (Phi) is 3.99. The van der Waals surface area contributed by atoms with Crippen LogP contribution in [0.4, 0.5) is 19.0 Å². The van der Waals surface area contributed by atoms with Gasteiger partial charge in [-0.2, -0.15) is 18.3 Å². The molecule has 1 aliphatic rings. The first-order valence-electron chi connectivity index (χ1n) is 6.03. The number of anilines is 1. The Morgan fingerprint density at radius 2 is 2.25 bits per heavy atom. The summed E-state index contributed by atoms with van der Waals surface area (Å²) in [6.07, 6.45) is -4.55. The normalized spacial score (nSPS) is 22.1. The summed E-state index contributed by atoms with van der Waals surface area (Å²) < 4.78 is 44.4. The average Bonchev–Trinajstić information content (AvgIpc) is 2.68. The zero-order valence-corrected chi connectivity index (χ0v) is 12.4. The second-order valence-electron chi connectivity index (χ2n) is 4.43. The highest BCUT2D eigenvalue weighted by molar-refractivity contribution is 9.10. The van der Waals surface area contributed by atoms with Crippen molar-refractivity contribution in [2.24, 2.45) is 5.92 Å². The van der Waals surface area contributed by atoms with Gasteiger partial charge in [-0.3, -0.25) is 4.79 Å². The van der Waals surface area contributed by atoms with Gasteiger partial charge in [-0.1, -0.05) is 0 Å². The van der Waals surface area contributed by atoms with Crippen LogP contribution in [0.25, 0.3) is 0 Å². The van der Waals surface area contributed by atoms with Crippen LogP contribution in [0.3, 0.4) is 0 Å². The van der Waals surface area contributed by atoms with Gasteiger partial charge in [-0.15, -0.1) is 0 Å². The standard InChI is InChI=1S/C11H13BrF3N3O2/c1-3-20-10(19)6-4-16-9-7(12)8(11(13,14)15)17-18(9)5(6)2/h5-6,16H,3-4H2,1-2H3. The van der Waals surface area contributed by atoms with Gasteiger partial charge in [0.25, 0.3) is 0 Å². The highest BCUT2D eigenvalue weighted by Gasteiger charge is 2.42. The minimum absolute atomic E-state index is 0.140. The van der Waals surface area contributed by atoms with Gasteiger partial charge in [0.15, 0.2) is 5.69 Å². The number of aromatic nitrogens is 2. The molecule has 0 saturated heterocycles. The van der Waals surface area contributed by atoms with E-state index in [-0.39, 0.29) is 23.4 Å². The molecule has 0 spiro atoms. The number of carbonyl (C=O) groups is 1. The lowest BCUT2D eigenvalue weighted by atomic mass is 10.00. The Bertz CT molecular complexity index is 530. The van der Waals surface area contributed by atoms with Crippen LogP contribution in [-0.2, 0) is 15.7 Å². The Hall–Kier alpha value is -1.25. The fraction of sp³-hybridized carbons (Fsp3) is 0.636. The van der Waals surface area contributed by atoms with Crippen LogP contribution < -0.4 is 5.32 Å². The second kappa shape index (κ2) is 5.27. The minimum atomic E-state index is -4.55. The molecule has 112 valence electrons. The molecule has 0 fully saturated rings. The number of carbonyl (C=O) groups excluding carboxylic acids is 1. The van der Waals surface area contributed by atoms with Crippen molar-refractivity contribution in [1.82, 2.24) is 9.78 Å². The number of halogens is 4. The molecule has 2 atom stereocenters. The van der Waals surface area contributed by atoms with Crippen molar-refractivity contribution in [3.8, 4) is 0 Å². The van der Waals surface area contributed by atoms with Crippen LogP contribution in [0.2, 0.25) is 0 Å². The third kappa shape index (κ3) is 2.50. The third-order valence-electron chi connectivity index (χ3n) is 3.17. The summed E-state index contributed by atoms with van der Waals surface area (Å²) in [7, 11) is 0. The lowest BCUT2D eigenvalue weighted by Gasteiger charge is -2.29. The van der Waals surface area contributed by atoms with Crippen LogP contribution in [0.15, 0.2) is 4.47 Å². The summed E-state index contributed by atoms with van der Waals surface area (Å²) in [4.78, 5) is 11.8. The molecule has 5 nitrogen and oxygen atoms in total. The molecule has 0 saturated carbocycles. The van der Waals surface area contributed by atoms with Gasteiger partial charge in [0.1, 0.15) is 5.82 Å². The molecule has 0 radical (unpaired) electrons. The van der Waals surface area contributed by atoms with Crippen molar-refractivity contribution in [3.63, 3.8) is 0 Å². The van der Waals surface area contributed by atoms with Gasteiger partial charge in [-0.25, -0.2) is 4.68 Å². The zero-order chi connectivity index (χ0) is 15.1. The van der Waals surface area contributed by atoms with E-state index >= 15 is 0 Å². The smallest absolute Gasteiger partial charge is 0.436 e. The first-order chi connectivity index (χ1) is 9.27. The van der Waals surface area contributed by atoms with E-state index in [2.05, 4.69) is 26.3 Å². The maximum atomic E-state index is 12.8.